The van der Waals surface area contributed by atoms with Gasteiger partial charge in [0.15, 0.2) is 5.58 Å². The molecule has 0 bridgehead atoms. The molecule has 2 aromatic carbocycles. The van der Waals surface area contributed by atoms with E-state index >= 15 is 0 Å². The van der Waals surface area contributed by atoms with Crippen LogP contribution in [0.1, 0.15) is 26.3 Å². The molecule has 3 nitrogen and oxygen atoms in total. The number of rotatable bonds is 1. The molecule has 0 radical (unpaired) electrons. The number of oxazole rings is 1. The molecule has 1 heterocycles. The van der Waals surface area contributed by atoms with Crippen LogP contribution in [0, 0.1) is 0 Å². The molecular formula is C17H16Br2N2O. The van der Waals surface area contributed by atoms with Crippen molar-refractivity contribution in [3.05, 3.63) is 44.8 Å². The summed E-state index contributed by atoms with van der Waals surface area (Å²) in [5.41, 5.74) is 10.4. The first-order chi connectivity index (χ1) is 10.3. The van der Waals surface area contributed by atoms with E-state index in [-0.39, 0.29) is 5.41 Å². The van der Waals surface area contributed by atoms with Crippen LogP contribution in [-0.2, 0) is 5.41 Å². The Balaban J connectivity index is 2.09. The summed E-state index contributed by atoms with van der Waals surface area (Å²) < 4.78 is 7.41. The van der Waals surface area contributed by atoms with E-state index in [0.29, 0.717) is 17.2 Å². The molecule has 2 N–H and O–H groups in total. The summed E-state index contributed by atoms with van der Waals surface area (Å²) in [5, 5.41) is 0. The fourth-order valence-corrected chi connectivity index (χ4v) is 3.43. The lowest BCUT2D eigenvalue weighted by Crippen LogP contribution is -2.10. The van der Waals surface area contributed by atoms with Gasteiger partial charge in [0.25, 0.3) is 0 Å². The highest BCUT2D eigenvalue weighted by Crippen LogP contribution is 2.37. The number of fused-ring (bicyclic) bond motifs is 1. The first-order valence-electron chi connectivity index (χ1n) is 6.92. The van der Waals surface area contributed by atoms with Crippen LogP contribution in [0.2, 0.25) is 0 Å². The van der Waals surface area contributed by atoms with E-state index in [1.165, 1.54) is 5.56 Å². The Morgan fingerprint density at radius 2 is 1.73 bits per heavy atom. The fraction of sp³-hybridized carbons (Fsp3) is 0.235. The number of nitrogens with two attached hydrogens (primary N) is 1. The summed E-state index contributed by atoms with van der Waals surface area (Å²) in [5.74, 6) is 0.591. The molecule has 0 spiro atoms. The van der Waals surface area contributed by atoms with Gasteiger partial charge in [0, 0.05) is 10.0 Å². The van der Waals surface area contributed by atoms with E-state index in [0.717, 1.165) is 20.0 Å². The Morgan fingerprint density at radius 1 is 1.09 bits per heavy atom. The molecule has 0 aliphatic heterocycles. The van der Waals surface area contributed by atoms with Crippen molar-refractivity contribution in [1.82, 2.24) is 4.98 Å². The molecule has 0 unspecified atom stereocenters. The number of halogens is 2. The van der Waals surface area contributed by atoms with Gasteiger partial charge in [-0.05, 0) is 61.0 Å². The normalized spacial score (nSPS) is 12.0. The maximum Gasteiger partial charge on any atom is 0.227 e. The molecule has 1 aromatic heterocycles. The van der Waals surface area contributed by atoms with Crippen molar-refractivity contribution in [2.24, 2.45) is 0 Å². The van der Waals surface area contributed by atoms with Crippen LogP contribution in [0.4, 0.5) is 5.69 Å². The summed E-state index contributed by atoms with van der Waals surface area (Å²) >= 11 is 6.89. The van der Waals surface area contributed by atoms with E-state index < -0.39 is 0 Å². The second-order valence-corrected chi connectivity index (χ2v) is 7.93. The zero-order chi connectivity index (χ0) is 16.1. The number of nitrogens with zero attached hydrogens (tertiary/aromatic N) is 1. The van der Waals surface area contributed by atoms with Crippen molar-refractivity contribution in [2.75, 3.05) is 5.73 Å². The van der Waals surface area contributed by atoms with Crippen LogP contribution in [0.25, 0.3) is 22.6 Å². The minimum Gasteiger partial charge on any atom is -0.435 e. The van der Waals surface area contributed by atoms with Gasteiger partial charge in [0.2, 0.25) is 5.89 Å². The van der Waals surface area contributed by atoms with Crippen molar-refractivity contribution in [1.29, 1.82) is 0 Å². The quantitative estimate of drug-likeness (QED) is 0.495. The number of benzene rings is 2. The first-order valence-corrected chi connectivity index (χ1v) is 8.51. The van der Waals surface area contributed by atoms with Crippen LogP contribution in [0.3, 0.4) is 0 Å². The molecule has 0 fully saturated rings. The molecule has 0 saturated carbocycles. The maximum absolute atomic E-state index is 5.98. The van der Waals surface area contributed by atoms with Crippen molar-refractivity contribution < 1.29 is 4.42 Å². The third-order valence-electron chi connectivity index (χ3n) is 3.61. The second-order valence-electron chi connectivity index (χ2n) is 6.28. The Kier molecular flexibility index (Phi) is 3.81. The highest BCUT2D eigenvalue weighted by molar-refractivity contribution is 9.11. The predicted molar refractivity (Wildman–Crippen MR) is 98.0 cm³/mol. The topological polar surface area (TPSA) is 52.0 Å². The van der Waals surface area contributed by atoms with Crippen molar-refractivity contribution in [2.45, 2.75) is 26.2 Å². The summed E-state index contributed by atoms with van der Waals surface area (Å²) in [6, 6.07) is 10.2. The summed E-state index contributed by atoms with van der Waals surface area (Å²) in [4.78, 5) is 4.56. The number of aromatic nitrogens is 1. The smallest absolute Gasteiger partial charge is 0.227 e. The van der Waals surface area contributed by atoms with Crippen molar-refractivity contribution in [3.8, 4) is 11.5 Å². The standard InChI is InChI=1S/C17H16Br2N2O/c1-17(2,3)10-6-4-9(5-7-10)16-21-12-8-11(18)14(20)13(19)15(12)22-16/h4-8H,20H2,1-3H3. The average Bonchev–Trinajstić information content (AvgIpc) is 2.88. The number of anilines is 1. The predicted octanol–water partition coefficient (Wildman–Crippen LogP) is 5.90. The minimum atomic E-state index is 0.127. The summed E-state index contributed by atoms with van der Waals surface area (Å²) in [6.45, 7) is 6.58. The SMILES string of the molecule is CC(C)(C)c1ccc(-c2nc3cc(Br)c(N)c(Br)c3o2)cc1. The molecule has 0 saturated heterocycles. The van der Waals surface area contributed by atoms with Crippen LogP contribution >= 0.6 is 31.9 Å². The van der Waals surface area contributed by atoms with E-state index in [9.17, 15) is 0 Å². The minimum absolute atomic E-state index is 0.127. The monoisotopic (exact) mass is 422 g/mol. The molecule has 114 valence electrons. The molecule has 0 atom stereocenters. The van der Waals surface area contributed by atoms with Crippen molar-refractivity contribution >= 4 is 48.6 Å². The second kappa shape index (κ2) is 5.39. The highest BCUT2D eigenvalue weighted by Gasteiger charge is 2.17. The van der Waals surface area contributed by atoms with Gasteiger partial charge in [-0.15, -0.1) is 0 Å². The van der Waals surface area contributed by atoms with Gasteiger partial charge < -0.3 is 10.2 Å². The first kappa shape index (κ1) is 15.6. The Labute approximate surface area is 146 Å². The van der Waals surface area contributed by atoms with E-state index in [1.807, 2.05) is 18.2 Å². The Hall–Kier alpha value is -1.33. The van der Waals surface area contributed by atoms with Gasteiger partial charge >= 0.3 is 0 Å². The zero-order valence-corrected chi connectivity index (χ0v) is 15.7. The van der Waals surface area contributed by atoms with Gasteiger partial charge in [-0.2, -0.15) is 0 Å². The van der Waals surface area contributed by atoms with Gasteiger partial charge in [-0.1, -0.05) is 32.9 Å². The molecule has 0 amide bonds. The number of hydrogen-bond acceptors (Lipinski definition) is 3. The third-order valence-corrected chi connectivity index (χ3v) is 5.05. The molecule has 0 aliphatic carbocycles. The van der Waals surface area contributed by atoms with Crippen molar-refractivity contribution in [3.63, 3.8) is 0 Å². The van der Waals surface area contributed by atoms with Crippen LogP contribution < -0.4 is 5.73 Å². The maximum atomic E-state index is 5.98. The van der Waals surface area contributed by atoms with Gasteiger partial charge in [0.1, 0.15) is 5.52 Å². The molecular weight excluding hydrogens is 408 g/mol. The van der Waals surface area contributed by atoms with E-state index in [2.05, 4.69) is 69.7 Å². The van der Waals surface area contributed by atoms with Gasteiger partial charge in [-0.3, -0.25) is 0 Å². The number of hydrogen-bond donors (Lipinski definition) is 1. The van der Waals surface area contributed by atoms with Crippen LogP contribution in [0.5, 0.6) is 0 Å². The number of nitrogen functional groups attached to an aromatic ring is 1. The van der Waals surface area contributed by atoms with Crippen LogP contribution in [0.15, 0.2) is 43.7 Å². The molecule has 3 rings (SSSR count). The van der Waals surface area contributed by atoms with Crippen LogP contribution in [-0.4, -0.2) is 4.98 Å². The lowest BCUT2D eigenvalue weighted by Gasteiger charge is -2.18. The van der Waals surface area contributed by atoms with E-state index in [1.54, 1.807) is 0 Å². The summed E-state index contributed by atoms with van der Waals surface area (Å²) in [6.07, 6.45) is 0. The van der Waals surface area contributed by atoms with E-state index in [4.69, 9.17) is 10.2 Å². The fourth-order valence-electron chi connectivity index (χ4n) is 2.25. The Bertz CT molecular complexity index is 846. The molecule has 5 heteroatoms. The summed E-state index contributed by atoms with van der Waals surface area (Å²) in [7, 11) is 0. The van der Waals surface area contributed by atoms with Gasteiger partial charge in [0.05, 0.1) is 10.2 Å². The zero-order valence-electron chi connectivity index (χ0n) is 12.6. The largest absolute Gasteiger partial charge is 0.435 e. The Morgan fingerprint density at radius 3 is 2.32 bits per heavy atom. The highest BCUT2D eigenvalue weighted by atomic mass is 79.9. The molecule has 0 aliphatic rings. The lowest BCUT2D eigenvalue weighted by molar-refractivity contribution is 0.589. The molecule has 22 heavy (non-hydrogen) atoms. The lowest BCUT2D eigenvalue weighted by atomic mass is 9.87. The molecule has 3 aromatic rings. The van der Waals surface area contributed by atoms with Gasteiger partial charge in [-0.25, -0.2) is 4.98 Å². The third kappa shape index (κ3) is 2.68. The average molecular weight is 424 g/mol.